The third-order valence-electron chi connectivity index (χ3n) is 8.20. The number of aromatic nitrogens is 3. The SMILES string of the molecule is COc1cc(OC)c2c(c1Cl)OC1(C(=O)C3=C(CC1C)Nc1ncnn1C3c1ccc(-c3ccccc3C(=O)O)o1)C2=O. The molecule has 1 spiro atoms. The van der Waals surface area contributed by atoms with Gasteiger partial charge in [-0.3, -0.25) is 9.59 Å². The number of allylic oxidation sites excluding steroid dienone is 1. The molecule has 7 rings (SSSR count). The summed E-state index contributed by atoms with van der Waals surface area (Å²) < 4.78 is 24.9. The number of rotatable bonds is 5. The number of ether oxygens (including phenoxy) is 3. The van der Waals surface area contributed by atoms with Crippen LogP contribution in [0.5, 0.6) is 17.2 Å². The Balaban J connectivity index is 1.37. The minimum absolute atomic E-state index is 0.0134. The van der Waals surface area contributed by atoms with E-state index in [-0.39, 0.29) is 56.9 Å². The highest BCUT2D eigenvalue weighted by Crippen LogP contribution is 2.55. The highest BCUT2D eigenvalue weighted by molar-refractivity contribution is 6.36. The van der Waals surface area contributed by atoms with Crippen LogP contribution < -0.4 is 19.5 Å². The lowest BCUT2D eigenvalue weighted by Gasteiger charge is -2.41. The van der Waals surface area contributed by atoms with Gasteiger partial charge in [0.2, 0.25) is 23.1 Å². The second kappa shape index (κ2) is 9.46. The summed E-state index contributed by atoms with van der Waals surface area (Å²) in [5.41, 5.74) is -0.727. The zero-order valence-electron chi connectivity index (χ0n) is 23.0. The quantitative estimate of drug-likeness (QED) is 0.303. The molecule has 0 saturated heterocycles. The Hall–Kier alpha value is -5.10. The zero-order chi connectivity index (χ0) is 30.2. The van der Waals surface area contributed by atoms with Gasteiger partial charge in [-0.15, -0.1) is 0 Å². The van der Waals surface area contributed by atoms with E-state index in [1.807, 2.05) is 0 Å². The summed E-state index contributed by atoms with van der Waals surface area (Å²) in [5, 5.41) is 17.3. The number of ketones is 2. The van der Waals surface area contributed by atoms with E-state index < -0.39 is 35.1 Å². The van der Waals surface area contributed by atoms with Gasteiger partial charge in [-0.05, 0) is 24.6 Å². The second-order valence-electron chi connectivity index (χ2n) is 10.4. The maximum atomic E-state index is 14.7. The number of carbonyl (C=O) groups excluding carboxylic acids is 2. The molecule has 0 amide bonds. The lowest BCUT2D eigenvalue weighted by molar-refractivity contribution is -0.131. The number of Topliss-reactive ketones (excluding diaryl/α,β-unsaturated/α-hetero) is 2. The molecule has 0 radical (unpaired) electrons. The predicted molar refractivity (Wildman–Crippen MR) is 151 cm³/mol. The molecule has 2 N–H and O–H groups in total. The average Bonchev–Trinajstić information content (AvgIpc) is 3.74. The molecule has 3 unspecified atom stereocenters. The van der Waals surface area contributed by atoms with Crippen molar-refractivity contribution in [3.05, 3.63) is 82.0 Å². The molecule has 1 aliphatic carbocycles. The van der Waals surface area contributed by atoms with Gasteiger partial charge in [0.1, 0.15) is 46.0 Å². The predicted octanol–water partition coefficient (Wildman–Crippen LogP) is 4.80. The third-order valence-corrected chi connectivity index (χ3v) is 8.56. The Morgan fingerprint density at radius 1 is 1.14 bits per heavy atom. The molecule has 3 aliphatic rings. The zero-order valence-corrected chi connectivity index (χ0v) is 23.8. The van der Waals surface area contributed by atoms with Crippen molar-refractivity contribution in [2.24, 2.45) is 5.92 Å². The van der Waals surface area contributed by atoms with E-state index in [1.54, 1.807) is 37.3 Å². The summed E-state index contributed by atoms with van der Waals surface area (Å²) in [6, 6.07) is 10.3. The van der Waals surface area contributed by atoms with Crippen molar-refractivity contribution in [2.45, 2.75) is 25.0 Å². The van der Waals surface area contributed by atoms with Crippen molar-refractivity contribution in [1.29, 1.82) is 0 Å². The minimum atomic E-state index is -1.95. The summed E-state index contributed by atoms with van der Waals surface area (Å²) in [5.74, 6) is -1.55. The fraction of sp³-hybridized carbons (Fsp3) is 0.233. The van der Waals surface area contributed by atoms with Crippen LogP contribution in [0.15, 0.2) is 64.5 Å². The summed E-state index contributed by atoms with van der Waals surface area (Å²) in [7, 11) is 2.82. The van der Waals surface area contributed by atoms with E-state index in [1.165, 1.54) is 37.4 Å². The molecule has 12 nitrogen and oxygen atoms in total. The molecule has 43 heavy (non-hydrogen) atoms. The summed E-state index contributed by atoms with van der Waals surface area (Å²) in [6.07, 6.45) is 1.58. The maximum absolute atomic E-state index is 14.7. The number of methoxy groups -OCH3 is 2. The fourth-order valence-corrected chi connectivity index (χ4v) is 6.45. The Labute approximate surface area is 248 Å². The first kappa shape index (κ1) is 26.8. The molecular formula is C30H23ClN4O8. The number of furan rings is 1. The highest BCUT2D eigenvalue weighted by Gasteiger charge is 2.64. The van der Waals surface area contributed by atoms with Crippen molar-refractivity contribution in [1.82, 2.24) is 14.8 Å². The Bertz CT molecular complexity index is 1910. The number of carbonyl (C=O) groups is 3. The van der Waals surface area contributed by atoms with E-state index in [9.17, 15) is 19.5 Å². The Morgan fingerprint density at radius 2 is 1.91 bits per heavy atom. The first-order valence-corrected chi connectivity index (χ1v) is 13.6. The molecule has 0 saturated carbocycles. The van der Waals surface area contributed by atoms with Gasteiger partial charge in [-0.2, -0.15) is 10.1 Å². The molecule has 0 bridgehead atoms. The molecule has 4 aromatic rings. The molecular weight excluding hydrogens is 580 g/mol. The average molecular weight is 603 g/mol. The van der Waals surface area contributed by atoms with E-state index in [2.05, 4.69) is 15.4 Å². The van der Waals surface area contributed by atoms with Crippen molar-refractivity contribution in [3.8, 4) is 28.6 Å². The van der Waals surface area contributed by atoms with Crippen LogP contribution in [0.3, 0.4) is 0 Å². The third kappa shape index (κ3) is 3.59. The van der Waals surface area contributed by atoms with Crippen LogP contribution >= 0.6 is 11.6 Å². The topological polar surface area (TPSA) is 155 Å². The summed E-state index contributed by atoms with van der Waals surface area (Å²) in [4.78, 5) is 45.2. The van der Waals surface area contributed by atoms with Crippen molar-refractivity contribution < 1.29 is 38.1 Å². The number of nitrogens with zero attached hydrogens (tertiary/aromatic N) is 3. The number of carboxylic acid groups (broad SMARTS) is 1. The van der Waals surface area contributed by atoms with Gasteiger partial charge in [0.15, 0.2) is 5.75 Å². The van der Waals surface area contributed by atoms with Crippen LogP contribution in [0.1, 0.15) is 45.9 Å². The molecule has 0 fully saturated rings. The monoisotopic (exact) mass is 602 g/mol. The van der Waals surface area contributed by atoms with E-state index in [0.29, 0.717) is 17.2 Å². The molecule has 2 aliphatic heterocycles. The van der Waals surface area contributed by atoms with Gasteiger partial charge in [-0.25, -0.2) is 9.48 Å². The van der Waals surface area contributed by atoms with Crippen LogP contribution in [0.25, 0.3) is 11.3 Å². The molecule has 218 valence electrons. The molecule has 2 aromatic heterocycles. The molecule has 3 atom stereocenters. The van der Waals surface area contributed by atoms with Crippen LogP contribution in [0.4, 0.5) is 5.95 Å². The molecule has 2 aromatic carbocycles. The smallest absolute Gasteiger partial charge is 0.336 e. The summed E-state index contributed by atoms with van der Waals surface area (Å²) in [6.45, 7) is 1.76. The van der Waals surface area contributed by atoms with E-state index >= 15 is 0 Å². The van der Waals surface area contributed by atoms with E-state index in [0.717, 1.165) is 0 Å². The molecule has 4 heterocycles. The highest BCUT2D eigenvalue weighted by atomic mass is 35.5. The van der Waals surface area contributed by atoms with Gasteiger partial charge in [-0.1, -0.05) is 36.7 Å². The lowest BCUT2D eigenvalue weighted by Crippen LogP contribution is -2.58. The minimum Gasteiger partial charge on any atom is -0.496 e. The van der Waals surface area contributed by atoms with Gasteiger partial charge >= 0.3 is 5.97 Å². The van der Waals surface area contributed by atoms with Gasteiger partial charge in [0.05, 0.1) is 25.4 Å². The fourth-order valence-electron chi connectivity index (χ4n) is 6.18. The number of halogens is 1. The van der Waals surface area contributed by atoms with Gasteiger partial charge < -0.3 is 29.1 Å². The number of benzene rings is 2. The van der Waals surface area contributed by atoms with Crippen LogP contribution in [-0.4, -0.2) is 57.2 Å². The number of hydrogen-bond donors (Lipinski definition) is 2. The number of aromatic carboxylic acids is 1. The maximum Gasteiger partial charge on any atom is 0.336 e. The largest absolute Gasteiger partial charge is 0.496 e. The normalized spacial score (nSPS) is 22.0. The lowest BCUT2D eigenvalue weighted by atomic mass is 9.69. The number of fused-ring (bicyclic) bond motifs is 2. The standard InChI is InChI=1S/C30H23ClN4O8/c1-13-10-16-21(26(36)30(13)27(37)22-19(40-2)11-20(41-3)23(31)25(22)43-30)24(35-29(34-16)32-12-33-35)18-9-8-17(42-18)14-6-4-5-7-15(14)28(38)39/h4-9,11-13,24H,10H2,1-3H3,(H,38,39)(H,32,33,34). The van der Waals surface area contributed by atoms with Gasteiger partial charge in [0.25, 0.3) is 0 Å². The summed E-state index contributed by atoms with van der Waals surface area (Å²) >= 11 is 6.58. The van der Waals surface area contributed by atoms with Crippen molar-refractivity contribution >= 4 is 35.1 Å². The van der Waals surface area contributed by atoms with E-state index in [4.69, 9.17) is 30.2 Å². The van der Waals surface area contributed by atoms with Crippen molar-refractivity contribution in [3.63, 3.8) is 0 Å². The first-order valence-electron chi connectivity index (χ1n) is 13.3. The van der Waals surface area contributed by atoms with Crippen LogP contribution in [-0.2, 0) is 4.79 Å². The number of nitrogens with one attached hydrogen (secondary N) is 1. The second-order valence-corrected chi connectivity index (χ2v) is 10.8. The van der Waals surface area contributed by atoms with Gasteiger partial charge in [0, 0.05) is 23.2 Å². The van der Waals surface area contributed by atoms with Crippen LogP contribution in [0, 0.1) is 5.92 Å². The number of anilines is 1. The Morgan fingerprint density at radius 3 is 2.65 bits per heavy atom. The molecule has 13 heteroatoms. The first-order chi connectivity index (χ1) is 20.7. The number of carboxylic acids is 1. The Kier molecular flexibility index (Phi) is 5.89. The van der Waals surface area contributed by atoms with Crippen LogP contribution in [0.2, 0.25) is 5.02 Å². The number of hydrogen-bond acceptors (Lipinski definition) is 10. The van der Waals surface area contributed by atoms with Crippen molar-refractivity contribution in [2.75, 3.05) is 19.5 Å².